The van der Waals surface area contributed by atoms with E-state index in [-0.39, 0.29) is 29.9 Å². The van der Waals surface area contributed by atoms with Crippen molar-refractivity contribution < 1.29 is 9.53 Å². The molecule has 27 heavy (non-hydrogen) atoms. The molecule has 0 saturated heterocycles. The fraction of sp³-hybridized carbons (Fsp3) is 0.300. The average molecular weight is 482 g/mol. The fourth-order valence-corrected chi connectivity index (χ4v) is 2.40. The smallest absolute Gasteiger partial charge is 0.251 e. The molecule has 146 valence electrons. The van der Waals surface area contributed by atoms with Crippen molar-refractivity contribution in [3.05, 3.63) is 65.2 Å². The molecule has 7 heteroatoms. The first-order valence-corrected chi connectivity index (χ1v) is 8.62. The zero-order valence-electron chi connectivity index (χ0n) is 15.9. The number of guanidine groups is 1. The quantitative estimate of drug-likeness (QED) is 0.323. The van der Waals surface area contributed by atoms with Crippen LogP contribution in [0.4, 0.5) is 0 Å². The number of nitrogens with one attached hydrogen (secondary N) is 3. The minimum absolute atomic E-state index is 0. The zero-order chi connectivity index (χ0) is 18.8. The average Bonchev–Trinajstić information content (AvgIpc) is 2.70. The third-order valence-electron chi connectivity index (χ3n) is 3.80. The second-order valence-electron chi connectivity index (χ2n) is 5.68. The summed E-state index contributed by atoms with van der Waals surface area (Å²) in [5.41, 5.74) is 2.75. The van der Waals surface area contributed by atoms with Gasteiger partial charge in [0.05, 0.1) is 13.7 Å². The van der Waals surface area contributed by atoms with E-state index in [2.05, 4.69) is 20.9 Å². The summed E-state index contributed by atoms with van der Waals surface area (Å²) in [5, 5.41) is 9.17. The third-order valence-corrected chi connectivity index (χ3v) is 3.80. The number of hydrogen-bond donors (Lipinski definition) is 3. The molecular weight excluding hydrogens is 455 g/mol. The number of benzene rings is 2. The molecule has 0 atom stereocenters. The second-order valence-corrected chi connectivity index (χ2v) is 5.68. The summed E-state index contributed by atoms with van der Waals surface area (Å²) in [4.78, 5) is 16.3. The predicted octanol–water partition coefficient (Wildman–Crippen LogP) is 2.93. The first-order valence-electron chi connectivity index (χ1n) is 8.62. The molecular formula is C20H27IN4O2. The number of ether oxygens (including phenoxy) is 1. The molecule has 0 bridgehead atoms. The molecule has 0 heterocycles. The number of amides is 1. The molecule has 0 aromatic heterocycles. The maximum Gasteiger partial charge on any atom is 0.251 e. The van der Waals surface area contributed by atoms with Gasteiger partial charge in [-0.1, -0.05) is 24.3 Å². The van der Waals surface area contributed by atoms with Crippen LogP contribution in [0.1, 0.15) is 28.4 Å². The molecule has 0 radical (unpaired) electrons. The Labute approximate surface area is 177 Å². The van der Waals surface area contributed by atoms with Crippen LogP contribution >= 0.6 is 24.0 Å². The molecule has 2 aromatic rings. The highest BCUT2D eigenvalue weighted by molar-refractivity contribution is 14.0. The molecule has 0 saturated carbocycles. The van der Waals surface area contributed by atoms with E-state index in [0.29, 0.717) is 18.7 Å². The van der Waals surface area contributed by atoms with E-state index in [9.17, 15) is 4.79 Å². The maximum absolute atomic E-state index is 11.7. The van der Waals surface area contributed by atoms with E-state index < -0.39 is 0 Å². The minimum Gasteiger partial charge on any atom is -0.497 e. The van der Waals surface area contributed by atoms with Gasteiger partial charge >= 0.3 is 0 Å². The molecule has 0 aliphatic rings. The van der Waals surface area contributed by atoms with Crippen molar-refractivity contribution in [3.8, 4) is 5.75 Å². The van der Waals surface area contributed by atoms with Gasteiger partial charge in [0.15, 0.2) is 5.96 Å². The first kappa shape index (κ1) is 22.8. The van der Waals surface area contributed by atoms with Gasteiger partial charge in [0, 0.05) is 25.7 Å². The Morgan fingerprint density at radius 2 is 1.81 bits per heavy atom. The number of halogens is 1. The van der Waals surface area contributed by atoms with Crippen molar-refractivity contribution in [2.75, 3.05) is 20.7 Å². The molecule has 6 nitrogen and oxygen atoms in total. The highest BCUT2D eigenvalue weighted by Gasteiger charge is 2.04. The lowest BCUT2D eigenvalue weighted by atomic mass is 10.1. The summed E-state index contributed by atoms with van der Waals surface area (Å²) in [6, 6.07) is 15.4. The summed E-state index contributed by atoms with van der Waals surface area (Å²) >= 11 is 0. The van der Waals surface area contributed by atoms with Crippen LogP contribution in [0.15, 0.2) is 53.5 Å². The Balaban J connectivity index is 0.00000364. The van der Waals surface area contributed by atoms with Crippen LogP contribution in [0, 0.1) is 0 Å². The molecule has 0 aliphatic carbocycles. The normalized spacial score (nSPS) is 10.6. The number of nitrogens with zero attached hydrogens (tertiary/aromatic N) is 1. The van der Waals surface area contributed by atoms with E-state index >= 15 is 0 Å². The van der Waals surface area contributed by atoms with Gasteiger partial charge in [-0.25, -0.2) is 4.99 Å². The van der Waals surface area contributed by atoms with Crippen LogP contribution in [0.3, 0.4) is 0 Å². The molecule has 0 spiro atoms. The van der Waals surface area contributed by atoms with E-state index in [1.54, 1.807) is 20.2 Å². The second kappa shape index (κ2) is 12.2. The Morgan fingerprint density at radius 3 is 2.44 bits per heavy atom. The van der Waals surface area contributed by atoms with Gasteiger partial charge in [0.1, 0.15) is 5.75 Å². The lowest BCUT2D eigenvalue weighted by Crippen LogP contribution is -2.36. The largest absolute Gasteiger partial charge is 0.497 e. The van der Waals surface area contributed by atoms with Crippen LogP contribution < -0.4 is 20.7 Å². The van der Waals surface area contributed by atoms with Crippen molar-refractivity contribution in [2.24, 2.45) is 4.99 Å². The van der Waals surface area contributed by atoms with Gasteiger partial charge in [-0.3, -0.25) is 4.79 Å². The van der Waals surface area contributed by atoms with Crippen molar-refractivity contribution in [3.63, 3.8) is 0 Å². The van der Waals surface area contributed by atoms with Crippen molar-refractivity contribution in [1.29, 1.82) is 0 Å². The molecule has 0 unspecified atom stereocenters. The monoisotopic (exact) mass is 482 g/mol. The Hall–Kier alpha value is -2.29. The Morgan fingerprint density at radius 1 is 1.07 bits per heavy atom. The highest BCUT2D eigenvalue weighted by atomic mass is 127. The maximum atomic E-state index is 11.7. The SMILES string of the molecule is CCNC(=NCc1cccc(C(=O)NC)c1)NCc1ccc(OC)cc1.I. The van der Waals surface area contributed by atoms with Gasteiger partial charge in [-0.15, -0.1) is 24.0 Å². The van der Waals surface area contributed by atoms with E-state index in [4.69, 9.17) is 4.74 Å². The Bertz CT molecular complexity index is 748. The summed E-state index contributed by atoms with van der Waals surface area (Å²) in [5.74, 6) is 1.47. The van der Waals surface area contributed by atoms with Crippen molar-refractivity contribution in [2.45, 2.75) is 20.0 Å². The van der Waals surface area contributed by atoms with Crippen LogP contribution in [0.25, 0.3) is 0 Å². The highest BCUT2D eigenvalue weighted by Crippen LogP contribution is 2.11. The fourth-order valence-electron chi connectivity index (χ4n) is 2.40. The lowest BCUT2D eigenvalue weighted by Gasteiger charge is -2.12. The van der Waals surface area contributed by atoms with Gasteiger partial charge < -0.3 is 20.7 Å². The van der Waals surface area contributed by atoms with Gasteiger partial charge in [0.25, 0.3) is 5.91 Å². The number of methoxy groups -OCH3 is 1. The molecule has 0 aliphatic heterocycles. The van der Waals surface area contributed by atoms with E-state index in [1.165, 1.54) is 0 Å². The number of carbonyl (C=O) groups is 1. The van der Waals surface area contributed by atoms with Crippen molar-refractivity contribution in [1.82, 2.24) is 16.0 Å². The molecule has 0 fully saturated rings. The van der Waals surface area contributed by atoms with E-state index in [1.807, 2.05) is 49.4 Å². The molecule has 3 N–H and O–H groups in total. The summed E-state index contributed by atoms with van der Waals surface area (Å²) < 4.78 is 5.17. The summed E-state index contributed by atoms with van der Waals surface area (Å²) in [7, 11) is 3.28. The Kier molecular flexibility index (Phi) is 10.2. The molecule has 2 rings (SSSR count). The van der Waals surface area contributed by atoms with E-state index in [0.717, 1.165) is 29.4 Å². The zero-order valence-corrected chi connectivity index (χ0v) is 18.2. The number of carbonyl (C=O) groups excluding carboxylic acids is 1. The van der Waals surface area contributed by atoms with Crippen molar-refractivity contribution >= 4 is 35.8 Å². The van der Waals surface area contributed by atoms with Crippen LogP contribution in [-0.4, -0.2) is 32.6 Å². The number of aliphatic imine (C=N–C) groups is 1. The van der Waals surface area contributed by atoms with Crippen LogP contribution in [0.2, 0.25) is 0 Å². The van der Waals surface area contributed by atoms with Gasteiger partial charge in [-0.2, -0.15) is 0 Å². The standard InChI is InChI=1S/C20H26N4O2.HI/c1-4-22-20(23-13-15-8-10-18(26-3)11-9-15)24-14-16-6-5-7-17(12-16)19(25)21-2;/h5-12H,4,13-14H2,1-3H3,(H,21,25)(H2,22,23,24);1H. The molecule has 1 amide bonds. The predicted molar refractivity (Wildman–Crippen MR) is 120 cm³/mol. The van der Waals surface area contributed by atoms with Gasteiger partial charge in [0.2, 0.25) is 0 Å². The summed E-state index contributed by atoms with van der Waals surface area (Å²) in [6.07, 6.45) is 0. The van der Waals surface area contributed by atoms with Crippen LogP contribution in [-0.2, 0) is 13.1 Å². The lowest BCUT2D eigenvalue weighted by molar-refractivity contribution is 0.0963. The number of hydrogen-bond acceptors (Lipinski definition) is 3. The first-order chi connectivity index (χ1) is 12.7. The third kappa shape index (κ3) is 7.46. The molecule has 2 aromatic carbocycles. The summed E-state index contributed by atoms with van der Waals surface area (Å²) in [6.45, 7) is 3.94. The number of rotatable bonds is 7. The minimum atomic E-state index is -0.0969. The van der Waals surface area contributed by atoms with Gasteiger partial charge in [-0.05, 0) is 42.3 Å². The van der Waals surface area contributed by atoms with Crippen LogP contribution in [0.5, 0.6) is 5.75 Å². The topological polar surface area (TPSA) is 74.8 Å².